The second-order valence-corrected chi connectivity index (χ2v) is 7.56. The molecule has 0 bridgehead atoms. The quantitative estimate of drug-likeness (QED) is 0.330. The highest BCUT2D eigenvalue weighted by atomic mass is 32.2. The van der Waals surface area contributed by atoms with Gasteiger partial charge in [0.1, 0.15) is 6.61 Å². The van der Waals surface area contributed by atoms with Crippen molar-refractivity contribution in [3.8, 4) is 0 Å². The van der Waals surface area contributed by atoms with Crippen LogP contribution in [0.15, 0.2) is 54.6 Å². The number of nitrogens with zero attached hydrogens (tertiary/aromatic N) is 1. The highest BCUT2D eigenvalue weighted by molar-refractivity contribution is 8.01. The van der Waals surface area contributed by atoms with Crippen LogP contribution in [0.2, 0.25) is 0 Å². The smallest absolute Gasteiger partial charge is 0.331 e. The summed E-state index contributed by atoms with van der Waals surface area (Å²) in [6.45, 7) is 2.58. The molecular formula is C20H17NO5S. The summed E-state index contributed by atoms with van der Waals surface area (Å²) in [5, 5.41) is 0. The molecule has 0 aliphatic carbocycles. The second kappa shape index (κ2) is 7.36. The van der Waals surface area contributed by atoms with E-state index in [1.807, 2.05) is 6.07 Å². The summed E-state index contributed by atoms with van der Waals surface area (Å²) in [6.07, 6.45) is 0. The molecule has 2 aromatic carbocycles. The molecule has 0 spiro atoms. The van der Waals surface area contributed by atoms with Crippen molar-refractivity contribution in [3.05, 3.63) is 71.3 Å². The van der Waals surface area contributed by atoms with E-state index in [4.69, 9.17) is 4.74 Å². The van der Waals surface area contributed by atoms with E-state index in [9.17, 15) is 19.2 Å². The van der Waals surface area contributed by atoms with Gasteiger partial charge < -0.3 is 4.74 Å². The van der Waals surface area contributed by atoms with Crippen LogP contribution >= 0.6 is 11.9 Å². The molecule has 6 nitrogen and oxygen atoms in total. The van der Waals surface area contributed by atoms with Crippen LogP contribution in [0.5, 0.6) is 0 Å². The molecule has 138 valence electrons. The summed E-state index contributed by atoms with van der Waals surface area (Å²) < 4.78 is 4.42. The maximum atomic E-state index is 12.6. The summed E-state index contributed by atoms with van der Waals surface area (Å²) in [5.41, 5.74) is 1.26. The number of carbonyl (C=O) groups is 4. The zero-order valence-electron chi connectivity index (χ0n) is 14.8. The molecule has 7 heteroatoms. The van der Waals surface area contributed by atoms with Crippen molar-refractivity contribution in [1.82, 2.24) is 4.31 Å². The maximum absolute atomic E-state index is 12.6. The number of carbonyl (C=O) groups excluding carboxylic acids is 4. The Bertz CT molecular complexity index is 892. The maximum Gasteiger partial charge on any atom is 0.331 e. The van der Waals surface area contributed by atoms with Gasteiger partial charge in [-0.2, -0.15) is 0 Å². The largest absolute Gasteiger partial charge is 0.459 e. The highest BCUT2D eigenvalue weighted by Gasteiger charge is 2.48. The van der Waals surface area contributed by atoms with Crippen LogP contribution in [0.4, 0.5) is 0 Å². The number of ketones is 1. The first-order valence-corrected chi connectivity index (χ1v) is 9.01. The van der Waals surface area contributed by atoms with E-state index in [1.165, 1.54) is 26.0 Å². The molecule has 2 amide bonds. The fourth-order valence-electron chi connectivity index (χ4n) is 2.54. The molecule has 1 unspecified atom stereocenters. The molecule has 1 atom stereocenters. The van der Waals surface area contributed by atoms with Crippen molar-refractivity contribution in [3.63, 3.8) is 0 Å². The van der Waals surface area contributed by atoms with Gasteiger partial charge in [-0.15, -0.1) is 0 Å². The van der Waals surface area contributed by atoms with E-state index >= 15 is 0 Å². The predicted molar refractivity (Wildman–Crippen MR) is 99.9 cm³/mol. The zero-order valence-corrected chi connectivity index (χ0v) is 15.6. The molecule has 0 radical (unpaired) electrons. The monoisotopic (exact) mass is 383 g/mol. The van der Waals surface area contributed by atoms with Gasteiger partial charge in [-0.25, -0.2) is 9.10 Å². The normalized spacial score (nSPS) is 15.3. The van der Waals surface area contributed by atoms with E-state index in [0.29, 0.717) is 11.9 Å². The Morgan fingerprint density at radius 3 is 2.00 bits per heavy atom. The minimum atomic E-state index is -1.72. The van der Waals surface area contributed by atoms with Crippen LogP contribution in [0, 0.1) is 0 Å². The fourth-order valence-corrected chi connectivity index (χ4v) is 3.53. The average Bonchev–Trinajstić information content (AvgIpc) is 2.91. The number of imide groups is 1. The summed E-state index contributed by atoms with van der Waals surface area (Å²) in [6, 6.07) is 15.4. The first-order valence-electron chi connectivity index (χ1n) is 8.23. The van der Waals surface area contributed by atoms with Crippen LogP contribution in [-0.4, -0.2) is 32.6 Å². The number of rotatable bonds is 6. The van der Waals surface area contributed by atoms with Crippen LogP contribution in [-0.2, 0) is 20.9 Å². The predicted octanol–water partition coefficient (Wildman–Crippen LogP) is 3.02. The Morgan fingerprint density at radius 1 is 0.963 bits per heavy atom. The standard InChI is InChI=1S/C20H17NO5S/c1-13(22)20(2,19(25)26-12-14-8-4-3-5-9-14)27-21-17(23)15-10-6-7-11-16(15)18(21)24/h3-11H,12H2,1-2H3. The van der Waals surface area contributed by atoms with Gasteiger partial charge in [0.05, 0.1) is 11.1 Å². The molecule has 0 fully saturated rings. The number of amides is 2. The lowest BCUT2D eigenvalue weighted by Gasteiger charge is -2.27. The van der Waals surface area contributed by atoms with Crippen molar-refractivity contribution in [2.45, 2.75) is 25.2 Å². The number of hydrogen-bond donors (Lipinski definition) is 0. The summed E-state index contributed by atoms with van der Waals surface area (Å²) in [5.74, 6) is -2.42. The molecule has 1 aliphatic rings. The van der Waals surface area contributed by atoms with Crippen molar-refractivity contribution in [2.24, 2.45) is 0 Å². The minimum Gasteiger partial charge on any atom is -0.459 e. The number of hydrogen-bond acceptors (Lipinski definition) is 6. The van der Waals surface area contributed by atoms with Gasteiger partial charge in [0.15, 0.2) is 10.5 Å². The molecule has 0 N–H and O–H groups in total. The summed E-state index contributed by atoms with van der Waals surface area (Å²) in [4.78, 5) is 49.9. The first kappa shape index (κ1) is 18.8. The van der Waals surface area contributed by atoms with Gasteiger partial charge in [0.25, 0.3) is 11.8 Å². The Balaban J connectivity index is 1.79. The number of Topliss-reactive ketones (excluding diaryl/α,β-unsaturated/α-hetero) is 1. The van der Waals surface area contributed by atoms with Crippen LogP contribution in [0.1, 0.15) is 40.1 Å². The molecule has 0 saturated carbocycles. The second-order valence-electron chi connectivity index (χ2n) is 6.19. The first-order chi connectivity index (χ1) is 12.8. The van der Waals surface area contributed by atoms with Crippen LogP contribution in [0.3, 0.4) is 0 Å². The third-order valence-corrected chi connectivity index (χ3v) is 5.64. The summed E-state index contributed by atoms with van der Waals surface area (Å²) in [7, 11) is 0. The van der Waals surface area contributed by atoms with Gasteiger partial charge in [-0.05, 0) is 43.5 Å². The van der Waals surface area contributed by atoms with Gasteiger partial charge in [-0.3, -0.25) is 14.4 Å². The van der Waals surface area contributed by atoms with E-state index in [2.05, 4.69) is 0 Å². The van der Waals surface area contributed by atoms with Gasteiger partial charge in [0, 0.05) is 0 Å². The Hall–Kier alpha value is -2.93. The lowest BCUT2D eigenvalue weighted by molar-refractivity contribution is -0.150. The van der Waals surface area contributed by atoms with Gasteiger partial charge in [0.2, 0.25) is 0 Å². The van der Waals surface area contributed by atoms with Crippen LogP contribution < -0.4 is 0 Å². The summed E-state index contributed by atoms with van der Waals surface area (Å²) >= 11 is 0.589. The van der Waals surface area contributed by atoms with Gasteiger partial charge in [-0.1, -0.05) is 42.5 Å². The average molecular weight is 383 g/mol. The van der Waals surface area contributed by atoms with Crippen molar-refractivity contribution in [1.29, 1.82) is 0 Å². The number of fused-ring (bicyclic) bond motifs is 1. The molecule has 2 aromatic rings. The van der Waals surface area contributed by atoms with Crippen molar-refractivity contribution >= 4 is 35.5 Å². The molecule has 0 aromatic heterocycles. The molecular weight excluding hydrogens is 366 g/mol. The Labute approximate surface area is 160 Å². The Kier molecular flexibility index (Phi) is 5.14. The third kappa shape index (κ3) is 3.50. The van der Waals surface area contributed by atoms with E-state index in [1.54, 1.807) is 36.4 Å². The van der Waals surface area contributed by atoms with E-state index in [0.717, 1.165) is 9.87 Å². The van der Waals surface area contributed by atoms with E-state index in [-0.39, 0.29) is 17.7 Å². The van der Waals surface area contributed by atoms with Crippen LogP contribution in [0.25, 0.3) is 0 Å². The SMILES string of the molecule is CC(=O)C(C)(SN1C(=O)c2ccccc2C1=O)C(=O)OCc1ccccc1. The number of ether oxygens (including phenoxy) is 1. The molecule has 0 saturated heterocycles. The minimum absolute atomic E-state index is 0.00871. The molecule has 1 aliphatic heterocycles. The zero-order chi connectivity index (χ0) is 19.6. The molecule has 27 heavy (non-hydrogen) atoms. The lowest BCUT2D eigenvalue weighted by atomic mass is 10.1. The van der Waals surface area contributed by atoms with Crippen molar-refractivity contribution < 1.29 is 23.9 Å². The highest BCUT2D eigenvalue weighted by Crippen LogP contribution is 2.37. The number of benzene rings is 2. The third-order valence-electron chi connectivity index (χ3n) is 4.30. The topological polar surface area (TPSA) is 80.8 Å². The lowest BCUT2D eigenvalue weighted by Crippen LogP contribution is -2.44. The number of esters is 1. The fraction of sp³-hybridized carbons (Fsp3) is 0.200. The van der Waals surface area contributed by atoms with Crippen molar-refractivity contribution in [2.75, 3.05) is 0 Å². The molecule has 3 rings (SSSR count). The van der Waals surface area contributed by atoms with E-state index < -0.39 is 28.3 Å². The Morgan fingerprint density at radius 2 is 1.48 bits per heavy atom. The molecule has 1 heterocycles. The van der Waals surface area contributed by atoms with Gasteiger partial charge >= 0.3 is 5.97 Å².